The van der Waals surface area contributed by atoms with Crippen molar-refractivity contribution in [2.75, 3.05) is 13.6 Å². The standard InChI is InChI=1S/C17H30N2O/c1-6-7-14(4)19(5)12-17(18)15-8-10-16(11-9-15)20-13(2)3/h8-11,13-14,17H,6-7,12,18H2,1-5H3. The molecule has 3 nitrogen and oxygen atoms in total. The summed E-state index contributed by atoms with van der Waals surface area (Å²) in [4.78, 5) is 2.34. The minimum Gasteiger partial charge on any atom is -0.491 e. The molecule has 0 aliphatic rings. The maximum absolute atomic E-state index is 6.30. The topological polar surface area (TPSA) is 38.5 Å². The van der Waals surface area contributed by atoms with Crippen molar-refractivity contribution < 1.29 is 4.74 Å². The maximum atomic E-state index is 6.30. The van der Waals surface area contributed by atoms with Gasteiger partial charge in [-0.3, -0.25) is 0 Å². The summed E-state index contributed by atoms with van der Waals surface area (Å²) in [6.45, 7) is 9.42. The SMILES string of the molecule is CCCC(C)N(C)CC(N)c1ccc(OC(C)C)cc1. The Labute approximate surface area is 124 Å². The highest BCUT2D eigenvalue weighted by Gasteiger charge is 2.13. The van der Waals surface area contributed by atoms with Crippen LogP contribution < -0.4 is 10.5 Å². The Morgan fingerprint density at radius 2 is 1.75 bits per heavy atom. The van der Waals surface area contributed by atoms with E-state index in [4.69, 9.17) is 10.5 Å². The van der Waals surface area contributed by atoms with Crippen molar-refractivity contribution in [3.05, 3.63) is 29.8 Å². The molecule has 0 spiro atoms. The number of ether oxygens (including phenoxy) is 1. The molecule has 0 aliphatic carbocycles. The Kier molecular flexibility index (Phi) is 7.03. The first-order chi connectivity index (χ1) is 9.43. The van der Waals surface area contributed by atoms with E-state index in [9.17, 15) is 0 Å². The molecule has 0 saturated carbocycles. The molecule has 0 aliphatic heterocycles. The molecule has 1 aromatic rings. The van der Waals surface area contributed by atoms with Crippen LogP contribution in [0.3, 0.4) is 0 Å². The van der Waals surface area contributed by atoms with Gasteiger partial charge in [-0.25, -0.2) is 0 Å². The highest BCUT2D eigenvalue weighted by molar-refractivity contribution is 5.29. The summed E-state index contributed by atoms with van der Waals surface area (Å²) in [5.41, 5.74) is 7.46. The zero-order valence-corrected chi connectivity index (χ0v) is 13.6. The molecule has 0 radical (unpaired) electrons. The van der Waals surface area contributed by atoms with Gasteiger partial charge in [0.2, 0.25) is 0 Å². The van der Waals surface area contributed by atoms with Crippen LogP contribution in [0.5, 0.6) is 5.75 Å². The summed E-state index contributed by atoms with van der Waals surface area (Å²) in [5.74, 6) is 0.906. The third-order valence-electron chi connectivity index (χ3n) is 3.62. The number of rotatable bonds is 8. The van der Waals surface area contributed by atoms with E-state index in [1.54, 1.807) is 0 Å². The lowest BCUT2D eigenvalue weighted by Crippen LogP contribution is -2.35. The average Bonchev–Trinajstić information content (AvgIpc) is 2.39. The fraction of sp³-hybridized carbons (Fsp3) is 0.647. The van der Waals surface area contributed by atoms with Crippen LogP contribution in [-0.2, 0) is 0 Å². The van der Waals surface area contributed by atoms with Gasteiger partial charge in [0.25, 0.3) is 0 Å². The Balaban J connectivity index is 2.56. The van der Waals surface area contributed by atoms with Crippen molar-refractivity contribution in [1.29, 1.82) is 0 Å². The van der Waals surface area contributed by atoms with Crippen molar-refractivity contribution >= 4 is 0 Å². The molecule has 0 amide bonds. The number of benzene rings is 1. The van der Waals surface area contributed by atoms with Gasteiger partial charge in [0.05, 0.1) is 6.10 Å². The second-order valence-electron chi connectivity index (χ2n) is 5.92. The van der Waals surface area contributed by atoms with Crippen molar-refractivity contribution in [2.24, 2.45) is 5.73 Å². The molecule has 0 saturated heterocycles. The first-order valence-electron chi connectivity index (χ1n) is 7.66. The van der Waals surface area contributed by atoms with E-state index >= 15 is 0 Å². The molecule has 114 valence electrons. The fourth-order valence-corrected chi connectivity index (χ4v) is 2.30. The van der Waals surface area contributed by atoms with E-state index < -0.39 is 0 Å². The van der Waals surface area contributed by atoms with Crippen LogP contribution in [0.2, 0.25) is 0 Å². The summed E-state index contributed by atoms with van der Waals surface area (Å²) >= 11 is 0. The summed E-state index contributed by atoms with van der Waals surface area (Å²) in [5, 5.41) is 0. The Hall–Kier alpha value is -1.06. The molecule has 0 bridgehead atoms. The van der Waals surface area contributed by atoms with Crippen molar-refractivity contribution in [2.45, 2.75) is 58.7 Å². The van der Waals surface area contributed by atoms with E-state index in [-0.39, 0.29) is 12.1 Å². The zero-order valence-electron chi connectivity index (χ0n) is 13.6. The predicted molar refractivity (Wildman–Crippen MR) is 86.1 cm³/mol. The highest BCUT2D eigenvalue weighted by Crippen LogP contribution is 2.19. The summed E-state index contributed by atoms with van der Waals surface area (Å²) < 4.78 is 5.65. The number of hydrogen-bond donors (Lipinski definition) is 1. The van der Waals surface area contributed by atoms with Crippen molar-refractivity contribution in [3.8, 4) is 5.75 Å². The maximum Gasteiger partial charge on any atom is 0.119 e. The first-order valence-corrected chi connectivity index (χ1v) is 7.66. The lowest BCUT2D eigenvalue weighted by Gasteiger charge is -2.27. The van der Waals surface area contributed by atoms with E-state index in [0.717, 1.165) is 17.9 Å². The van der Waals surface area contributed by atoms with Gasteiger partial charge in [0.15, 0.2) is 0 Å². The average molecular weight is 278 g/mol. The van der Waals surface area contributed by atoms with E-state index in [2.05, 4.69) is 37.9 Å². The van der Waals surface area contributed by atoms with Gasteiger partial charge in [0, 0.05) is 18.6 Å². The molecule has 2 N–H and O–H groups in total. The number of likely N-dealkylation sites (N-methyl/N-ethyl adjacent to an activating group) is 1. The number of nitrogens with two attached hydrogens (primary N) is 1. The van der Waals surface area contributed by atoms with Gasteiger partial charge < -0.3 is 15.4 Å². The zero-order chi connectivity index (χ0) is 15.1. The quantitative estimate of drug-likeness (QED) is 0.789. The normalized spacial score (nSPS) is 14.6. The first kappa shape index (κ1) is 17.0. The summed E-state index contributed by atoms with van der Waals surface area (Å²) in [7, 11) is 2.15. The fourth-order valence-electron chi connectivity index (χ4n) is 2.30. The van der Waals surface area contributed by atoms with Crippen LogP contribution in [0.4, 0.5) is 0 Å². The number of nitrogens with zero attached hydrogens (tertiary/aromatic N) is 1. The van der Waals surface area contributed by atoms with Crippen LogP contribution >= 0.6 is 0 Å². The predicted octanol–water partition coefficient (Wildman–Crippen LogP) is 3.59. The molecule has 2 unspecified atom stereocenters. The third-order valence-corrected chi connectivity index (χ3v) is 3.62. The molecule has 0 fully saturated rings. The van der Waals surface area contributed by atoms with Gasteiger partial charge >= 0.3 is 0 Å². The van der Waals surface area contributed by atoms with Gasteiger partial charge in [0.1, 0.15) is 5.75 Å². The van der Waals surface area contributed by atoms with Crippen LogP contribution in [0, 0.1) is 0 Å². The molecule has 1 aromatic carbocycles. The van der Waals surface area contributed by atoms with Crippen LogP contribution in [0.15, 0.2) is 24.3 Å². The number of hydrogen-bond acceptors (Lipinski definition) is 3. The highest BCUT2D eigenvalue weighted by atomic mass is 16.5. The van der Waals surface area contributed by atoms with Gasteiger partial charge in [-0.05, 0) is 51.9 Å². The van der Waals surface area contributed by atoms with E-state index in [1.807, 2.05) is 26.0 Å². The minimum atomic E-state index is 0.0485. The van der Waals surface area contributed by atoms with Crippen LogP contribution in [0.1, 0.15) is 52.1 Å². The van der Waals surface area contributed by atoms with E-state index in [0.29, 0.717) is 6.04 Å². The molecular formula is C17H30N2O. The summed E-state index contributed by atoms with van der Waals surface area (Å²) in [6.07, 6.45) is 2.63. The molecular weight excluding hydrogens is 248 g/mol. The smallest absolute Gasteiger partial charge is 0.119 e. The molecule has 0 aromatic heterocycles. The summed E-state index contributed by atoms with van der Waals surface area (Å²) in [6, 6.07) is 8.78. The van der Waals surface area contributed by atoms with Crippen molar-refractivity contribution in [1.82, 2.24) is 4.90 Å². The van der Waals surface area contributed by atoms with Gasteiger partial charge in [-0.1, -0.05) is 25.5 Å². The second-order valence-corrected chi connectivity index (χ2v) is 5.92. The molecule has 3 heteroatoms. The monoisotopic (exact) mass is 278 g/mol. The third kappa shape index (κ3) is 5.51. The largest absolute Gasteiger partial charge is 0.491 e. The Morgan fingerprint density at radius 3 is 2.25 bits per heavy atom. The van der Waals surface area contributed by atoms with Crippen LogP contribution in [0.25, 0.3) is 0 Å². The van der Waals surface area contributed by atoms with Crippen LogP contribution in [-0.4, -0.2) is 30.6 Å². The van der Waals surface area contributed by atoms with Gasteiger partial charge in [-0.2, -0.15) is 0 Å². The lowest BCUT2D eigenvalue weighted by molar-refractivity contribution is 0.231. The molecule has 20 heavy (non-hydrogen) atoms. The molecule has 0 heterocycles. The van der Waals surface area contributed by atoms with Gasteiger partial charge in [-0.15, -0.1) is 0 Å². The van der Waals surface area contributed by atoms with Crippen molar-refractivity contribution in [3.63, 3.8) is 0 Å². The van der Waals surface area contributed by atoms with E-state index in [1.165, 1.54) is 12.8 Å². The molecule has 2 atom stereocenters. The Bertz CT molecular complexity index is 375. The lowest BCUT2D eigenvalue weighted by atomic mass is 10.1. The second kappa shape index (κ2) is 8.28. The molecule has 1 rings (SSSR count). The Morgan fingerprint density at radius 1 is 1.15 bits per heavy atom. The minimum absolute atomic E-state index is 0.0485.